The molecule has 0 bridgehead atoms. The summed E-state index contributed by atoms with van der Waals surface area (Å²) in [6, 6.07) is 2.30. The lowest BCUT2D eigenvalue weighted by molar-refractivity contribution is -0.128. The molecule has 0 unspecified atom stereocenters. The molecule has 0 aliphatic carbocycles. The normalized spacial score (nSPS) is 18.5. The van der Waals surface area contributed by atoms with Gasteiger partial charge in [0.15, 0.2) is 0 Å². The van der Waals surface area contributed by atoms with Crippen molar-refractivity contribution in [2.75, 3.05) is 6.54 Å². The van der Waals surface area contributed by atoms with Crippen molar-refractivity contribution in [3.8, 4) is 0 Å². The quantitative estimate of drug-likeness (QED) is 0.796. The standard InChI is InChI=1S/C15H17N3OS/c1-11-13-6-8-20-14(13)5-7-18(11)15(19)4-3-12-9-16-17(2)10-12/h3-4,6,8-11H,5,7H2,1-2H3/b4-3+/t11-/m0/s1. The van der Waals surface area contributed by atoms with Crippen molar-refractivity contribution in [3.63, 3.8) is 0 Å². The Morgan fingerprint density at radius 2 is 2.40 bits per heavy atom. The van der Waals surface area contributed by atoms with Crippen molar-refractivity contribution in [1.29, 1.82) is 0 Å². The van der Waals surface area contributed by atoms with Gasteiger partial charge in [-0.05, 0) is 36.4 Å². The predicted molar refractivity (Wildman–Crippen MR) is 80.4 cm³/mol. The molecule has 0 spiro atoms. The number of thiophene rings is 1. The summed E-state index contributed by atoms with van der Waals surface area (Å²) < 4.78 is 1.73. The van der Waals surface area contributed by atoms with Crippen molar-refractivity contribution in [2.45, 2.75) is 19.4 Å². The first-order chi connectivity index (χ1) is 9.65. The molecule has 0 fully saturated rings. The first kappa shape index (κ1) is 13.1. The average Bonchev–Trinajstić information content (AvgIpc) is 3.05. The van der Waals surface area contributed by atoms with Gasteiger partial charge in [0.2, 0.25) is 5.91 Å². The SMILES string of the molecule is C[C@H]1c2ccsc2CCN1C(=O)/C=C/c1cnn(C)c1. The smallest absolute Gasteiger partial charge is 0.247 e. The minimum absolute atomic E-state index is 0.0678. The van der Waals surface area contributed by atoms with Gasteiger partial charge < -0.3 is 4.90 Å². The molecule has 104 valence electrons. The van der Waals surface area contributed by atoms with Crippen LogP contribution in [0.1, 0.15) is 29.0 Å². The molecule has 3 heterocycles. The summed E-state index contributed by atoms with van der Waals surface area (Å²) >= 11 is 1.79. The van der Waals surface area contributed by atoms with Gasteiger partial charge in [0.1, 0.15) is 0 Å². The van der Waals surface area contributed by atoms with Crippen LogP contribution in [0, 0.1) is 0 Å². The fourth-order valence-electron chi connectivity index (χ4n) is 2.60. The van der Waals surface area contributed by atoms with Crippen LogP contribution >= 0.6 is 11.3 Å². The number of carbonyl (C=O) groups excluding carboxylic acids is 1. The van der Waals surface area contributed by atoms with E-state index in [4.69, 9.17) is 0 Å². The van der Waals surface area contributed by atoms with Crippen LogP contribution < -0.4 is 0 Å². The fraction of sp³-hybridized carbons (Fsp3) is 0.333. The van der Waals surface area contributed by atoms with Gasteiger partial charge in [0.05, 0.1) is 12.2 Å². The molecule has 1 atom stereocenters. The molecule has 20 heavy (non-hydrogen) atoms. The van der Waals surface area contributed by atoms with Crippen LogP contribution in [0.25, 0.3) is 6.08 Å². The van der Waals surface area contributed by atoms with Crippen molar-refractivity contribution < 1.29 is 4.79 Å². The van der Waals surface area contributed by atoms with E-state index < -0.39 is 0 Å². The largest absolute Gasteiger partial charge is 0.332 e. The summed E-state index contributed by atoms with van der Waals surface area (Å²) in [6.45, 7) is 2.89. The maximum Gasteiger partial charge on any atom is 0.247 e. The van der Waals surface area contributed by atoms with Gasteiger partial charge in [-0.2, -0.15) is 5.10 Å². The van der Waals surface area contributed by atoms with Crippen LogP contribution in [0.4, 0.5) is 0 Å². The summed E-state index contributed by atoms with van der Waals surface area (Å²) in [5, 5.41) is 6.20. The molecular formula is C15H17N3OS. The molecule has 1 aliphatic heterocycles. The number of rotatable bonds is 2. The number of aromatic nitrogens is 2. The highest BCUT2D eigenvalue weighted by Gasteiger charge is 2.26. The van der Waals surface area contributed by atoms with E-state index in [0.717, 1.165) is 18.5 Å². The Morgan fingerprint density at radius 3 is 3.15 bits per heavy atom. The van der Waals surface area contributed by atoms with Crippen LogP contribution in [0.15, 0.2) is 29.9 Å². The van der Waals surface area contributed by atoms with E-state index in [0.29, 0.717) is 0 Å². The van der Waals surface area contributed by atoms with Crippen LogP contribution in [-0.2, 0) is 18.3 Å². The van der Waals surface area contributed by atoms with Gasteiger partial charge >= 0.3 is 0 Å². The zero-order chi connectivity index (χ0) is 14.1. The minimum atomic E-state index is 0.0678. The molecule has 0 aromatic carbocycles. The Kier molecular flexibility index (Phi) is 3.44. The van der Waals surface area contributed by atoms with Crippen molar-refractivity contribution >= 4 is 23.3 Å². The van der Waals surface area contributed by atoms with Crippen LogP contribution in [0.5, 0.6) is 0 Å². The van der Waals surface area contributed by atoms with E-state index in [2.05, 4.69) is 23.5 Å². The molecule has 0 saturated carbocycles. The Bertz CT molecular complexity index is 656. The monoisotopic (exact) mass is 287 g/mol. The number of carbonyl (C=O) groups is 1. The molecule has 2 aromatic rings. The summed E-state index contributed by atoms with van der Waals surface area (Å²) in [4.78, 5) is 15.7. The third kappa shape index (κ3) is 2.41. The fourth-order valence-corrected chi connectivity index (χ4v) is 3.56. The van der Waals surface area contributed by atoms with Gasteiger partial charge in [0.25, 0.3) is 0 Å². The van der Waals surface area contributed by atoms with Crippen molar-refractivity contribution in [1.82, 2.24) is 14.7 Å². The molecule has 5 heteroatoms. The van der Waals surface area contributed by atoms with Gasteiger partial charge in [-0.15, -0.1) is 11.3 Å². The highest BCUT2D eigenvalue weighted by molar-refractivity contribution is 7.10. The lowest BCUT2D eigenvalue weighted by atomic mass is 10.0. The molecule has 1 amide bonds. The number of hydrogen-bond donors (Lipinski definition) is 0. The highest BCUT2D eigenvalue weighted by Crippen LogP contribution is 2.32. The minimum Gasteiger partial charge on any atom is -0.332 e. The first-order valence-corrected chi connectivity index (χ1v) is 7.56. The second-order valence-corrected chi connectivity index (χ2v) is 6.04. The van der Waals surface area contributed by atoms with Crippen LogP contribution in [0.2, 0.25) is 0 Å². The highest BCUT2D eigenvalue weighted by atomic mass is 32.1. The summed E-state index contributed by atoms with van der Waals surface area (Å²) in [7, 11) is 1.87. The number of aryl methyl sites for hydroxylation is 1. The Hall–Kier alpha value is -1.88. The van der Waals surface area contributed by atoms with E-state index in [1.54, 1.807) is 28.3 Å². The Labute approximate surface area is 122 Å². The van der Waals surface area contributed by atoms with Crippen molar-refractivity contribution in [2.24, 2.45) is 7.05 Å². The van der Waals surface area contributed by atoms with Gasteiger partial charge in [0, 0.05) is 36.3 Å². The molecule has 4 nitrogen and oxygen atoms in total. The number of hydrogen-bond acceptors (Lipinski definition) is 3. The van der Waals surface area contributed by atoms with Gasteiger partial charge in [-0.1, -0.05) is 0 Å². The zero-order valence-electron chi connectivity index (χ0n) is 11.6. The van der Waals surface area contributed by atoms with E-state index in [1.807, 2.05) is 24.2 Å². The van der Waals surface area contributed by atoms with E-state index in [1.165, 1.54) is 10.4 Å². The van der Waals surface area contributed by atoms with E-state index in [-0.39, 0.29) is 11.9 Å². The lowest BCUT2D eigenvalue weighted by Gasteiger charge is -2.32. The first-order valence-electron chi connectivity index (χ1n) is 6.69. The number of fused-ring (bicyclic) bond motifs is 1. The van der Waals surface area contributed by atoms with Crippen LogP contribution in [-0.4, -0.2) is 27.1 Å². The Morgan fingerprint density at radius 1 is 1.55 bits per heavy atom. The van der Waals surface area contributed by atoms with E-state index >= 15 is 0 Å². The Balaban J connectivity index is 1.74. The topological polar surface area (TPSA) is 38.1 Å². The van der Waals surface area contributed by atoms with Crippen molar-refractivity contribution in [3.05, 3.63) is 45.9 Å². The maximum absolute atomic E-state index is 12.3. The molecular weight excluding hydrogens is 270 g/mol. The molecule has 1 aliphatic rings. The lowest BCUT2D eigenvalue weighted by Crippen LogP contribution is -2.37. The molecule has 2 aromatic heterocycles. The molecule has 0 N–H and O–H groups in total. The zero-order valence-corrected chi connectivity index (χ0v) is 12.4. The maximum atomic E-state index is 12.3. The molecule has 3 rings (SSSR count). The molecule has 0 saturated heterocycles. The second-order valence-electron chi connectivity index (χ2n) is 5.04. The predicted octanol–water partition coefficient (Wildman–Crippen LogP) is 2.64. The van der Waals surface area contributed by atoms with E-state index in [9.17, 15) is 4.79 Å². The number of nitrogens with zero attached hydrogens (tertiary/aromatic N) is 3. The van der Waals surface area contributed by atoms with Gasteiger partial charge in [-0.3, -0.25) is 9.48 Å². The van der Waals surface area contributed by atoms with Crippen LogP contribution in [0.3, 0.4) is 0 Å². The third-order valence-electron chi connectivity index (χ3n) is 3.70. The van der Waals surface area contributed by atoms with Gasteiger partial charge in [-0.25, -0.2) is 0 Å². The summed E-state index contributed by atoms with van der Waals surface area (Å²) in [5.41, 5.74) is 2.24. The summed E-state index contributed by atoms with van der Waals surface area (Å²) in [6.07, 6.45) is 8.07. The second kappa shape index (κ2) is 5.25. The third-order valence-corrected chi connectivity index (χ3v) is 4.70. The molecule has 0 radical (unpaired) electrons. The number of amides is 1. The average molecular weight is 287 g/mol. The summed E-state index contributed by atoms with van der Waals surface area (Å²) in [5.74, 6) is 0.0678.